The number of nitrogens with zero attached hydrogens (tertiary/aromatic N) is 2. The highest BCUT2D eigenvalue weighted by atomic mass is 16.5. The molecule has 1 atom stereocenters. The summed E-state index contributed by atoms with van der Waals surface area (Å²) in [5, 5.41) is 17.2. The third-order valence-corrected chi connectivity index (χ3v) is 5.51. The Bertz CT molecular complexity index is 938. The van der Waals surface area contributed by atoms with E-state index in [4.69, 9.17) is 15.2 Å². The molecule has 2 heterocycles. The normalized spacial score (nSPS) is 19.9. The maximum Gasteiger partial charge on any atom is 0.244 e. The molecule has 0 radical (unpaired) electrons. The third-order valence-electron chi connectivity index (χ3n) is 5.51. The SMILES string of the molecule is CC(C)(C)c1[nH]nc2c1[C@@H](c1ccc(OC3CCCC3)cc1)C(C#N)=C(N)O2. The van der Waals surface area contributed by atoms with Gasteiger partial charge in [-0.25, -0.2) is 0 Å². The van der Waals surface area contributed by atoms with Gasteiger partial charge in [0.1, 0.15) is 17.4 Å². The summed E-state index contributed by atoms with van der Waals surface area (Å²) in [7, 11) is 0. The molecule has 1 fully saturated rings. The minimum Gasteiger partial charge on any atom is -0.490 e. The number of nitrogens with two attached hydrogens (primary N) is 1. The van der Waals surface area contributed by atoms with Crippen molar-refractivity contribution in [2.24, 2.45) is 5.73 Å². The first-order valence-electron chi connectivity index (χ1n) is 9.81. The molecule has 146 valence electrons. The molecule has 28 heavy (non-hydrogen) atoms. The number of aromatic nitrogens is 2. The number of ether oxygens (including phenoxy) is 2. The van der Waals surface area contributed by atoms with Crippen molar-refractivity contribution in [1.29, 1.82) is 5.26 Å². The van der Waals surface area contributed by atoms with Gasteiger partial charge in [-0.2, -0.15) is 5.26 Å². The molecule has 0 spiro atoms. The Morgan fingerprint density at radius 3 is 2.50 bits per heavy atom. The van der Waals surface area contributed by atoms with Gasteiger partial charge in [0, 0.05) is 11.1 Å². The molecular formula is C22H26N4O2. The first kappa shape index (κ1) is 18.4. The van der Waals surface area contributed by atoms with Crippen molar-refractivity contribution < 1.29 is 9.47 Å². The molecule has 1 aromatic heterocycles. The molecule has 0 amide bonds. The van der Waals surface area contributed by atoms with E-state index in [1.807, 2.05) is 24.3 Å². The van der Waals surface area contributed by atoms with Crippen molar-refractivity contribution in [1.82, 2.24) is 10.2 Å². The molecule has 0 unspecified atom stereocenters. The van der Waals surface area contributed by atoms with Crippen molar-refractivity contribution in [3.05, 3.63) is 52.5 Å². The molecule has 6 heteroatoms. The average molecular weight is 378 g/mol. The lowest BCUT2D eigenvalue weighted by atomic mass is 9.79. The number of nitrogens with one attached hydrogen (secondary N) is 1. The number of H-pyrrole nitrogens is 1. The summed E-state index contributed by atoms with van der Waals surface area (Å²) >= 11 is 0. The number of fused-ring (bicyclic) bond motifs is 1. The molecule has 0 saturated heterocycles. The van der Waals surface area contributed by atoms with E-state index >= 15 is 0 Å². The van der Waals surface area contributed by atoms with Crippen LogP contribution in [0.4, 0.5) is 0 Å². The number of benzene rings is 1. The van der Waals surface area contributed by atoms with Crippen molar-refractivity contribution in [3.63, 3.8) is 0 Å². The summed E-state index contributed by atoms with van der Waals surface area (Å²) in [5.41, 5.74) is 9.06. The smallest absolute Gasteiger partial charge is 0.244 e. The van der Waals surface area contributed by atoms with Crippen LogP contribution in [-0.2, 0) is 5.41 Å². The fraction of sp³-hybridized carbons (Fsp3) is 0.455. The summed E-state index contributed by atoms with van der Waals surface area (Å²) in [6.07, 6.45) is 5.02. The quantitative estimate of drug-likeness (QED) is 0.832. The van der Waals surface area contributed by atoms with Gasteiger partial charge in [0.25, 0.3) is 0 Å². The lowest BCUT2D eigenvalue weighted by Crippen LogP contribution is -2.23. The number of allylic oxidation sites excluding steroid dienone is 1. The zero-order valence-electron chi connectivity index (χ0n) is 16.6. The molecular weight excluding hydrogens is 352 g/mol. The number of hydrogen-bond donors (Lipinski definition) is 2. The van der Waals surface area contributed by atoms with Gasteiger partial charge in [-0.05, 0) is 43.4 Å². The Kier molecular flexibility index (Phi) is 4.54. The zero-order valence-corrected chi connectivity index (χ0v) is 16.6. The Hall–Kier alpha value is -2.94. The lowest BCUT2D eigenvalue weighted by molar-refractivity contribution is 0.210. The maximum absolute atomic E-state index is 9.77. The van der Waals surface area contributed by atoms with E-state index in [0.717, 1.165) is 35.4 Å². The van der Waals surface area contributed by atoms with Gasteiger partial charge in [0.2, 0.25) is 11.8 Å². The van der Waals surface area contributed by atoms with Gasteiger partial charge in [-0.15, -0.1) is 5.10 Å². The molecule has 6 nitrogen and oxygen atoms in total. The highest BCUT2D eigenvalue weighted by Crippen LogP contribution is 2.45. The topological polar surface area (TPSA) is 97.0 Å². The summed E-state index contributed by atoms with van der Waals surface area (Å²) in [5.74, 6) is 1.10. The minimum absolute atomic E-state index is 0.109. The van der Waals surface area contributed by atoms with E-state index in [1.165, 1.54) is 12.8 Å². The van der Waals surface area contributed by atoms with Gasteiger partial charge in [-0.3, -0.25) is 5.10 Å². The molecule has 1 aliphatic heterocycles. The van der Waals surface area contributed by atoms with E-state index < -0.39 is 0 Å². The largest absolute Gasteiger partial charge is 0.490 e. The van der Waals surface area contributed by atoms with Crippen molar-refractivity contribution in [2.75, 3.05) is 0 Å². The summed E-state index contributed by atoms with van der Waals surface area (Å²) < 4.78 is 11.7. The van der Waals surface area contributed by atoms with Crippen LogP contribution in [-0.4, -0.2) is 16.3 Å². The fourth-order valence-electron chi connectivity index (χ4n) is 4.09. The molecule has 2 aromatic rings. The second-order valence-electron chi connectivity index (χ2n) is 8.59. The Labute approximate surface area is 165 Å². The van der Waals surface area contributed by atoms with E-state index in [2.05, 4.69) is 37.0 Å². The zero-order chi connectivity index (χ0) is 19.9. The standard InChI is InChI=1S/C22H26N4O2/c1-22(2,3)19-18-17(16(12-23)20(24)28-21(18)26-25-19)13-8-10-15(11-9-13)27-14-6-4-5-7-14/h8-11,14,17H,4-7,24H2,1-3H3,(H,25,26)/t17-/m0/s1. The predicted octanol–water partition coefficient (Wildman–Crippen LogP) is 4.25. The summed E-state index contributed by atoms with van der Waals surface area (Å²) in [6, 6.07) is 10.2. The van der Waals surface area contributed by atoms with Crippen LogP contribution in [0.15, 0.2) is 35.7 Å². The monoisotopic (exact) mass is 378 g/mol. The van der Waals surface area contributed by atoms with Gasteiger partial charge in [0.05, 0.1) is 17.6 Å². The van der Waals surface area contributed by atoms with Crippen molar-refractivity contribution >= 4 is 0 Å². The predicted molar refractivity (Wildman–Crippen MR) is 106 cm³/mol. The van der Waals surface area contributed by atoms with E-state index in [-0.39, 0.29) is 17.2 Å². The van der Waals surface area contributed by atoms with E-state index in [9.17, 15) is 5.26 Å². The average Bonchev–Trinajstić information content (AvgIpc) is 3.30. The van der Waals surface area contributed by atoms with Crippen LogP contribution in [0, 0.1) is 11.3 Å². The van der Waals surface area contributed by atoms with Crippen LogP contribution in [0.25, 0.3) is 0 Å². The molecule has 2 aliphatic rings. The van der Waals surface area contributed by atoms with Crippen LogP contribution in [0.5, 0.6) is 11.6 Å². The number of hydrogen-bond acceptors (Lipinski definition) is 5. The molecule has 1 aromatic carbocycles. The van der Waals surface area contributed by atoms with Crippen molar-refractivity contribution in [3.8, 4) is 17.7 Å². The van der Waals surface area contributed by atoms with Gasteiger partial charge >= 0.3 is 0 Å². The minimum atomic E-state index is -0.317. The molecule has 1 aliphatic carbocycles. The number of nitriles is 1. The van der Waals surface area contributed by atoms with Gasteiger partial charge in [0.15, 0.2) is 0 Å². The molecule has 0 bridgehead atoms. The van der Waals surface area contributed by atoms with Crippen molar-refractivity contribution in [2.45, 2.75) is 63.9 Å². The lowest BCUT2D eigenvalue weighted by Gasteiger charge is -2.27. The molecule has 1 saturated carbocycles. The van der Waals surface area contributed by atoms with Crippen LogP contribution in [0.3, 0.4) is 0 Å². The summed E-state index contributed by atoms with van der Waals surface area (Å²) in [4.78, 5) is 0. The highest BCUT2D eigenvalue weighted by Gasteiger charge is 2.38. The second-order valence-corrected chi connectivity index (χ2v) is 8.59. The first-order chi connectivity index (χ1) is 13.4. The number of rotatable bonds is 3. The first-order valence-corrected chi connectivity index (χ1v) is 9.81. The Balaban J connectivity index is 1.73. The van der Waals surface area contributed by atoms with Crippen LogP contribution < -0.4 is 15.2 Å². The van der Waals surface area contributed by atoms with Gasteiger partial charge in [-0.1, -0.05) is 32.9 Å². The van der Waals surface area contributed by atoms with E-state index in [1.54, 1.807) is 0 Å². The highest BCUT2D eigenvalue weighted by molar-refractivity contribution is 5.56. The van der Waals surface area contributed by atoms with E-state index in [0.29, 0.717) is 17.6 Å². The Morgan fingerprint density at radius 1 is 1.21 bits per heavy atom. The van der Waals surface area contributed by atoms with Crippen LogP contribution in [0.1, 0.15) is 69.2 Å². The molecule has 3 N–H and O–H groups in total. The fourth-order valence-corrected chi connectivity index (χ4v) is 4.09. The second kappa shape index (κ2) is 6.90. The molecule has 4 rings (SSSR count). The van der Waals surface area contributed by atoms with Gasteiger partial charge < -0.3 is 15.2 Å². The third kappa shape index (κ3) is 3.22. The number of aromatic amines is 1. The van der Waals surface area contributed by atoms with Crippen LogP contribution >= 0.6 is 0 Å². The maximum atomic E-state index is 9.77. The Morgan fingerprint density at radius 2 is 1.89 bits per heavy atom. The summed E-state index contributed by atoms with van der Waals surface area (Å²) in [6.45, 7) is 6.30. The van der Waals surface area contributed by atoms with Crippen LogP contribution in [0.2, 0.25) is 0 Å².